The van der Waals surface area contributed by atoms with Crippen molar-refractivity contribution in [2.45, 2.75) is 51.0 Å². The van der Waals surface area contributed by atoms with E-state index < -0.39 is 10.0 Å². The first-order chi connectivity index (χ1) is 9.03. The van der Waals surface area contributed by atoms with Crippen LogP contribution in [-0.4, -0.2) is 19.9 Å². The zero-order valence-electron chi connectivity index (χ0n) is 11.8. The van der Waals surface area contributed by atoms with Gasteiger partial charge in [0.2, 0.25) is 10.0 Å². The Labute approximate surface area is 116 Å². The van der Waals surface area contributed by atoms with Gasteiger partial charge in [-0.25, -0.2) is 13.1 Å². The highest BCUT2D eigenvalue weighted by atomic mass is 32.2. The lowest BCUT2D eigenvalue weighted by molar-refractivity contribution is 0.444. The maximum Gasteiger partial charge on any atom is 0.242 e. The van der Waals surface area contributed by atoms with Crippen molar-refractivity contribution >= 4 is 10.0 Å². The van der Waals surface area contributed by atoms with E-state index in [0.717, 1.165) is 31.4 Å². The maximum absolute atomic E-state index is 12.1. The summed E-state index contributed by atoms with van der Waals surface area (Å²) in [7, 11) is -3.42. The molecular weight excluding hydrogens is 262 g/mol. The predicted octanol–water partition coefficient (Wildman–Crippen LogP) is 1.97. The first-order valence-electron chi connectivity index (χ1n) is 6.90. The Hall–Kier alpha value is -0.850. The minimum Gasteiger partial charge on any atom is -0.363 e. The molecule has 1 heterocycles. The van der Waals surface area contributed by atoms with Gasteiger partial charge in [-0.1, -0.05) is 33.1 Å². The molecule has 0 aromatic carbocycles. The van der Waals surface area contributed by atoms with E-state index in [0.29, 0.717) is 19.0 Å². The first-order valence-corrected chi connectivity index (χ1v) is 8.38. The topological polar surface area (TPSA) is 88.0 Å². The lowest BCUT2D eigenvalue weighted by Crippen LogP contribution is -2.29. The van der Waals surface area contributed by atoms with Crippen molar-refractivity contribution in [3.05, 3.63) is 18.0 Å². The highest BCUT2D eigenvalue weighted by molar-refractivity contribution is 7.89. The van der Waals surface area contributed by atoms with Gasteiger partial charge >= 0.3 is 0 Å². The van der Waals surface area contributed by atoms with E-state index in [-0.39, 0.29) is 4.90 Å². The van der Waals surface area contributed by atoms with E-state index in [1.165, 1.54) is 6.20 Å². The SMILES string of the molecule is CCCCC(CC)CNS(=O)(=O)c1c[nH]c(CN)c1. The van der Waals surface area contributed by atoms with Crippen LogP contribution < -0.4 is 10.5 Å². The Balaban J connectivity index is 2.59. The molecule has 5 nitrogen and oxygen atoms in total. The molecule has 110 valence electrons. The van der Waals surface area contributed by atoms with Gasteiger partial charge in [0.15, 0.2) is 0 Å². The minimum atomic E-state index is -3.42. The molecular formula is C13H25N3O2S. The second kappa shape index (κ2) is 7.67. The Bertz CT molecular complexity index is 468. The summed E-state index contributed by atoms with van der Waals surface area (Å²) in [5.41, 5.74) is 6.18. The average Bonchev–Trinajstić information content (AvgIpc) is 2.88. The summed E-state index contributed by atoms with van der Waals surface area (Å²) in [6, 6.07) is 1.58. The van der Waals surface area contributed by atoms with Crippen LogP contribution in [0.4, 0.5) is 0 Å². The largest absolute Gasteiger partial charge is 0.363 e. The summed E-state index contributed by atoms with van der Waals surface area (Å²) >= 11 is 0. The van der Waals surface area contributed by atoms with Crippen LogP contribution in [0.1, 0.15) is 45.2 Å². The molecule has 0 radical (unpaired) electrons. The normalized spacial score (nSPS) is 13.6. The van der Waals surface area contributed by atoms with Crippen LogP contribution in [0.3, 0.4) is 0 Å². The van der Waals surface area contributed by atoms with Gasteiger partial charge in [-0.2, -0.15) is 0 Å². The summed E-state index contributed by atoms with van der Waals surface area (Å²) in [5, 5.41) is 0. The number of nitrogens with two attached hydrogens (primary N) is 1. The van der Waals surface area contributed by atoms with E-state index in [1.807, 2.05) is 0 Å². The van der Waals surface area contributed by atoms with Gasteiger partial charge in [0.05, 0.1) is 4.90 Å². The summed E-state index contributed by atoms with van der Waals surface area (Å²) in [5.74, 6) is 0.405. The summed E-state index contributed by atoms with van der Waals surface area (Å²) in [6.07, 6.45) is 5.82. The Morgan fingerprint density at radius 3 is 2.68 bits per heavy atom. The number of hydrogen-bond donors (Lipinski definition) is 3. The summed E-state index contributed by atoms with van der Waals surface area (Å²) < 4.78 is 26.9. The third kappa shape index (κ3) is 4.97. The molecule has 0 saturated carbocycles. The van der Waals surface area contributed by atoms with Gasteiger partial charge in [0.25, 0.3) is 0 Å². The third-order valence-electron chi connectivity index (χ3n) is 3.35. The van der Waals surface area contributed by atoms with Crippen LogP contribution in [0.5, 0.6) is 0 Å². The van der Waals surface area contributed by atoms with Gasteiger partial charge in [-0.15, -0.1) is 0 Å². The lowest BCUT2D eigenvalue weighted by Gasteiger charge is -2.14. The van der Waals surface area contributed by atoms with Gasteiger partial charge in [-0.3, -0.25) is 0 Å². The summed E-state index contributed by atoms with van der Waals surface area (Å²) in [6.45, 7) is 5.05. The van der Waals surface area contributed by atoms with Gasteiger partial charge in [0, 0.05) is 25.0 Å². The molecule has 0 bridgehead atoms. The Morgan fingerprint density at radius 2 is 2.16 bits per heavy atom. The number of nitrogens with one attached hydrogen (secondary N) is 2. The van der Waals surface area contributed by atoms with Crippen molar-refractivity contribution in [2.75, 3.05) is 6.54 Å². The highest BCUT2D eigenvalue weighted by Gasteiger charge is 2.17. The smallest absolute Gasteiger partial charge is 0.242 e. The van der Waals surface area contributed by atoms with E-state index in [2.05, 4.69) is 23.6 Å². The number of unbranched alkanes of at least 4 members (excludes halogenated alkanes) is 1. The molecule has 0 fully saturated rings. The van der Waals surface area contributed by atoms with E-state index in [4.69, 9.17) is 5.73 Å². The van der Waals surface area contributed by atoms with Crippen molar-refractivity contribution < 1.29 is 8.42 Å². The number of aromatic amines is 1. The standard InChI is InChI=1S/C13H25N3O2S/c1-3-5-6-11(4-2)9-16-19(17,18)13-7-12(8-14)15-10-13/h7,10-11,15-16H,3-6,8-9,14H2,1-2H3. The molecule has 1 aromatic rings. The molecule has 1 atom stereocenters. The van der Waals surface area contributed by atoms with Gasteiger partial charge in [-0.05, 0) is 18.4 Å². The van der Waals surface area contributed by atoms with Crippen molar-refractivity contribution in [3.8, 4) is 0 Å². The van der Waals surface area contributed by atoms with Crippen molar-refractivity contribution in [3.63, 3.8) is 0 Å². The average molecular weight is 287 g/mol. The minimum absolute atomic E-state index is 0.262. The number of aromatic nitrogens is 1. The molecule has 0 aliphatic carbocycles. The number of hydrogen-bond acceptors (Lipinski definition) is 3. The monoisotopic (exact) mass is 287 g/mol. The molecule has 6 heteroatoms. The summed E-state index contributed by atoms with van der Waals surface area (Å²) in [4.78, 5) is 3.12. The number of H-pyrrole nitrogens is 1. The fraction of sp³-hybridized carbons (Fsp3) is 0.692. The van der Waals surface area contributed by atoms with Crippen LogP contribution in [0.25, 0.3) is 0 Å². The van der Waals surface area contributed by atoms with Crippen LogP contribution in [0, 0.1) is 5.92 Å². The Morgan fingerprint density at radius 1 is 1.42 bits per heavy atom. The fourth-order valence-electron chi connectivity index (χ4n) is 1.95. The fourth-order valence-corrected chi connectivity index (χ4v) is 3.08. The van der Waals surface area contributed by atoms with Gasteiger partial charge in [0.1, 0.15) is 0 Å². The van der Waals surface area contributed by atoms with Crippen LogP contribution >= 0.6 is 0 Å². The highest BCUT2D eigenvalue weighted by Crippen LogP contribution is 2.14. The quantitative estimate of drug-likeness (QED) is 0.649. The van der Waals surface area contributed by atoms with Crippen LogP contribution in [0.2, 0.25) is 0 Å². The molecule has 0 aliphatic heterocycles. The molecule has 0 spiro atoms. The number of rotatable bonds is 9. The second-order valence-electron chi connectivity index (χ2n) is 4.83. The second-order valence-corrected chi connectivity index (χ2v) is 6.60. The molecule has 0 saturated heterocycles. The van der Waals surface area contributed by atoms with Crippen LogP contribution in [-0.2, 0) is 16.6 Å². The van der Waals surface area contributed by atoms with Gasteiger partial charge < -0.3 is 10.7 Å². The molecule has 1 unspecified atom stereocenters. The first kappa shape index (κ1) is 16.2. The molecule has 0 aliphatic rings. The third-order valence-corrected chi connectivity index (χ3v) is 4.75. The zero-order valence-corrected chi connectivity index (χ0v) is 12.6. The van der Waals surface area contributed by atoms with E-state index >= 15 is 0 Å². The van der Waals surface area contributed by atoms with E-state index in [1.54, 1.807) is 6.07 Å². The van der Waals surface area contributed by atoms with Crippen LogP contribution in [0.15, 0.2) is 17.2 Å². The lowest BCUT2D eigenvalue weighted by atomic mass is 10.00. The molecule has 4 N–H and O–H groups in total. The predicted molar refractivity (Wildman–Crippen MR) is 77.2 cm³/mol. The molecule has 19 heavy (non-hydrogen) atoms. The molecule has 1 aromatic heterocycles. The Kier molecular flexibility index (Phi) is 6.54. The maximum atomic E-state index is 12.1. The van der Waals surface area contributed by atoms with Crippen molar-refractivity contribution in [1.82, 2.24) is 9.71 Å². The van der Waals surface area contributed by atoms with Crippen molar-refractivity contribution in [2.24, 2.45) is 11.7 Å². The van der Waals surface area contributed by atoms with E-state index in [9.17, 15) is 8.42 Å². The van der Waals surface area contributed by atoms with Crippen molar-refractivity contribution in [1.29, 1.82) is 0 Å². The molecule has 1 rings (SSSR count). The zero-order chi connectivity index (χ0) is 14.3. The molecule has 0 amide bonds. The number of sulfonamides is 1.